The fourth-order valence-electron chi connectivity index (χ4n) is 2.88. The van der Waals surface area contributed by atoms with Gasteiger partial charge in [0.05, 0.1) is 13.2 Å². The summed E-state index contributed by atoms with van der Waals surface area (Å²) in [6.07, 6.45) is 0.665. The molecule has 1 aliphatic heterocycles. The van der Waals surface area contributed by atoms with Crippen molar-refractivity contribution in [3.05, 3.63) is 0 Å². The number of piperidine rings is 1. The van der Waals surface area contributed by atoms with Crippen LogP contribution in [0.4, 0.5) is 4.79 Å². The molecular weight excluding hydrogens is 262 g/mol. The molecule has 114 valence electrons. The van der Waals surface area contributed by atoms with E-state index < -0.39 is 23.7 Å². The predicted octanol–water partition coefficient (Wildman–Crippen LogP) is 1.31. The van der Waals surface area contributed by atoms with Gasteiger partial charge in [-0.05, 0) is 40.5 Å². The first-order chi connectivity index (χ1) is 9.24. The highest BCUT2D eigenvalue weighted by atomic mass is 16.6. The summed E-state index contributed by atoms with van der Waals surface area (Å²) in [6, 6.07) is -0.757. The lowest BCUT2D eigenvalue weighted by molar-refractivity contribution is -0.149. The molecule has 6 heteroatoms. The number of nitrogens with zero attached hydrogens (tertiary/aromatic N) is 1. The molecule has 1 saturated carbocycles. The Hall–Kier alpha value is -1.30. The molecule has 0 radical (unpaired) electrons. The summed E-state index contributed by atoms with van der Waals surface area (Å²) in [4.78, 5) is 25.7. The molecule has 0 spiro atoms. The van der Waals surface area contributed by atoms with Crippen molar-refractivity contribution in [2.75, 3.05) is 13.2 Å². The largest absolute Gasteiger partial charge is 0.464 e. The van der Waals surface area contributed by atoms with Crippen molar-refractivity contribution in [3.8, 4) is 0 Å². The lowest BCUT2D eigenvalue weighted by Crippen LogP contribution is -2.46. The van der Waals surface area contributed by atoms with E-state index in [2.05, 4.69) is 0 Å². The van der Waals surface area contributed by atoms with Crippen LogP contribution in [0.2, 0.25) is 0 Å². The van der Waals surface area contributed by atoms with Crippen molar-refractivity contribution >= 4 is 12.1 Å². The minimum Gasteiger partial charge on any atom is -0.464 e. The van der Waals surface area contributed by atoms with Crippen LogP contribution in [0.15, 0.2) is 0 Å². The molecule has 6 nitrogen and oxygen atoms in total. The number of likely N-dealkylation sites (tertiary alicyclic amines) is 1. The number of hydrogen-bond acceptors (Lipinski definition) is 5. The summed E-state index contributed by atoms with van der Waals surface area (Å²) in [7, 11) is 0. The van der Waals surface area contributed by atoms with Gasteiger partial charge in [-0.15, -0.1) is 0 Å². The van der Waals surface area contributed by atoms with E-state index in [0.717, 1.165) is 6.42 Å². The van der Waals surface area contributed by atoms with Crippen molar-refractivity contribution in [1.82, 2.24) is 4.90 Å². The number of aliphatic hydroxyl groups is 1. The molecule has 1 saturated heterocycles. The Labute approximate surface area is 119 Å². The van der Waals surface area contributed by atoms with Gasteiger partial charge in [0.2, 0.25) is 0 Å². The number of rotatable bonds is 3. The van der Waals surface area contributed by atoms with Crippen molar-refractivity contribution in [2.24, 2.45) is 5.41 Å². The van der Waals surface area contributed by atoms with Crippen LogP contribution in [0.3, 0.4) is 0 Å². The molecule has 2 unspecified atom stereocenters. The van der Waals surface area contributed by atoms with Crippen LogP contribution in [0.25, 0.3) is 0 Å². The SMILES string of the molecule is CCOC(=O)[C@@H]1CC2(CO)CC2N1C(=O)OC(C)(C)C. The third-order valence-electron chi connectivity index (χ3n) is 3.90. The van der Waals surface area contributed by atoms with Crippen LogP contribution >= 0.6 is 0 Å². The molecule has 1 aliphatic carbocycles. The topological polar surface area (TPSA) is 76.1 Å². The van der Waals surface area contributed by atoms with E-state index in [-0.39, 0.29) is 24.7 Å². The first kappa shape index (κ1) is 15.1. The predicted molar refractivity (Wildman–Crippen MR) is 71.0 cm³/mol. The van der Waals surface area contributed by atoms with E-state index >= 15 is 0 Å². The Morgan fingerprint density at radius 3 is 2.50 bits per heavy atom. The third kappa shape index (κ3) is 2.61. The van der Waals surface area contributed by atoms with Gasteiger partial charge in [-0.3, -0.25) is 4.90 Å². The van der Waals surface area contributed by atoms with E-state index in [0.29, 0.717) is 6.42 Å². The van der Waals surface area contributed by atoms with Gasteiger partial charge in [-0.2, -0.15) is 0 Å². The van der Waals surface area contributed by atoms with Crippen LogP contribution in [-0.2, 0) is 14.3 Å². The summed E-state index contributed by atoms with van der Waals surface area (Å²) >= 11 is 0. The molecule has 2 fully saturated rings. The van der Waals surface area contributed by atoms with Crippen molar-refractivity contribution < 1.29 is 24.2 Å². The maximum Gasteiger partial charge on any atom is 0.411 e. The minimum atomic E-state index is -0.643. The Morgan fingerprint density at radius 1 is 1.35 bits per heavy atom. The maximum absolute atomic E-state index is 12.3. The Bertz CT molecular complexity index is 416. The molecule has 0 aromatic heterocycles. The second kappa shape index (κ2) is 4.91. The highest BCUT2D eigenvalue weighted by molar-refractivity contribution is 5.83. The molecule has 0 bridgehead atoms. The minimum absolute atomic E-state index is 0.0210. The Balaban J connectivity index is 2.15. The monoisotopic (exact) mass is 285 g/mol. The fraction of sp³-hybridized carbons (Fsp3) is 0.857. The van der Waals surface area contributed by atoms with Crippen LogP contribution in [-0.4, -0.2) is 53.0 Å². The van der Waals surface area contributed by atoms with Crippen LogP contribution in [0, 0.1) is 5.41 Å². The number of esters is 1. The highest BCUT2D eigenvalue weighted by Gasteiger charge is 2.68. The highest BCUT2D eigenvalue weighted by Crippen LogP contribution is 2.59. The van der Waals surface area contributed by atoms with Gasteiger partial charge in [-0.25, -0.2) is 9.59 Å². The fourth-order valence-corrected chi connectivity index (χ4v) is 2.88. The summed E-state index contributed by atoms with van der Waals surface area (Å²) < 4.78 is 10.4. The third-order valence-corrected chi connectivity index (χ3v) is 3.90. The first-order valence-corrected chi connectivity index (χ1v) is 7.03. The van der Waals surface area contributed by atoms with Crippen molar-refractivity contribution in [1.29, 1.82) is 0 Å². The second-order valence-electron chi connectivity index (χ2n) is 6.60. The zero-order valence-electron chi connectivity index (χ0n) is 12.5. The molecule has 2 aliphatic rings. The van der Waals surface area contributed by atoms with Crippen LogP contribution < -0.4 is 0 Å². The average Bonchev–Trinajstić information content (AvgIpc) is 2.93. The lowest BCUT2D eigenvalue weighted by Gasteiger charge is -2.29. The zero-order valence-corrected chi connectivity index (χ0v) is 12.5. The molecule has 20 heavy (non-hydrogen) atoms. The standard InChI is InChI=1S/C14H23NO5/c1-5-19-11(17)9-6-14(8-16)7-10(14)15(9)12(18)20-13(2,3)4/h9-10,16H,5-8H2,1-4H3/t9-,10?,14?/m0/s1. The molecule has 1 amide bonds. The smallest absolute Gasteiger partial charge is 0.411 e. The zero-order chi connectivity index (χ0) is 15.1. The summed E-state index contributed by atoms with van der Waals surface area (Å²) in [5.74, 6) is -0.418. The second-order valence-corrected chi connectivity index (χ2v) is 6.60. The average molecular weight is 285 g/mol. The Morgan fingerprint density at radius 2 is 2.00 bits per heavy atom. The van der Waals surface area contributed by atoms with E-state index in [4.69, 9.17) is 9.47 Å². The van der Waals surface area contributed by atoms with Gasteiger partial charge in [0.25, 0.3) is 0 Å². The lowest BCUT2D eigenvalue weighted by atomic mass is 10.0. The number of ether oxygens (including phenoxy) is 2. The number of amides is 1. The molecule has 0 aromatic rings. The molecule has 0 aromatic carbocycles. The van der Waals surface area contributed by atoms with Crippen LogP contribution in [0.1, 0.15) is 40.5 Å². The molecule has 2 rings (SSSR count). The molecular formula is C14H23NO5. The molecule has 1 heterocycles. The maximum atomic E-state index is 12.3. The van der Waals surface area contributed by atoms with Crippen molar-refractivity contribution in [3.63, 3.8) is 0 Å². The normalized spacial score (nSPS) is 31.8. The van der Waals surface area contributed by atoms with Gasteiger partial charge >= 0.3 is 12.1 Å². The molecule has 3 atom stereocenters. The number of aliphatic hydroxyl groups excluding tert-OH is 1. The van der Waals surface area contributed by atoms with Gasteiger partial charge in [0.15, 0.2) is 0 Å². The van der Waals surface area contributed by atoms with E-state index in [9.17, 15) is 14.7 Å². The van der Waals surface area contributed by atoms with Gasteiger partial charge in [-0.1, -0.05) is 0 Å². The summed E-state index contributed by atoms with van der Waals surface area (Å²) in [5.41, 5.74) is -0.954. The van der Waals surface area contributed by atoms with Gasteiger partial charge in [0, 0.05) is 11.5 Å². The van der Waals surface area contributed by atoms with E-state index in [1.165, 1.54) is 4.90 Å². The molecule has 1 N–H and O–H groups in total. The number of fused-ring (bicyclic) bond motifs is 1. The van der Waals surface area contributed by atoms with E-state index in [1.807, 2.05) is 0 Å². The Kier molecular flexibility index (Phi) is 3.71. The number of carbonyl (C=O) groups excluding carboxylic acids is 2. The first-order valence-electron chi connectivity index (χ1n) is 7.03. The van der Waals surface area contributed by atoms with E-state index in [1.54, 1.807) is 27.7 Å². The van der Waals surface area contributed by atoms with Crippen molar-refractivity contribution in [2.45, 2.75) is 58.2 Å². The van der Waals surface area contributed by atoms with Crippen LogP contribution in [0.5, 0.6) is 0 Å². The van der Waals surface area contributed by atoms with Gasteiger partial charge in [0.1, 0.15) is 11.6 Å². The summed E-state index contributed by atoms with van der Waals surface area (Å²) in [6.45, 7) is 7.33. The number of hydrogen-bond donors (Lipinski definition) is 1. The quantitative estimate of drug-likeness (QED) is 0.791. The summed E-state index contributed by atoms with van der Waals surface area (Å²) in [5, 5.41) is 9.50. The number of carbonyl (C=O) groups is 2. The van der Waals surface area contributed by atoms with Gasteiger partial charge < -0.3 is 14.6 Å².